The molecule has 0 bridgehead atoms. The third-order valence-corrected chi connectivity index (χ3v) is 8.51. The number of carboxylic acid groups (broad SMARTS) is 4. The van der Waals surface area contributed by atoms with Crippen molar-refractivity contribution in [2.45, 2.75) is 49.9 Å². The van der Waals surface area contributed by atoms with E-state index in [0.717, 1.165) is 0 Å². The molecular formula is C32H40N6O16S2. The molecule has 1 aromatic carbocycles. The van der Waals surface area contributed by atoms with Crippen molar-refractivity contribution >= 4 is 84.3 Å². The number of ether oxygens (including phenoxy) is 2. The first-order valence-corrected chi connectivity index (χ1v) is 17.5. The number of Topliss-reactive ketones (excluding diaryl/α,β-unsaturated/α-hetero) is 2. The first kappa shape index (κ1) is 46.1. The Hall–Kier alpha value is -6.04. The van der Waals surface area contributed by atoms with Crippen molar-refractivity contribution in [1.29, 1.82) is 0 Å². The Labute approximate surface area is 328 Å². The molecule has 4 atom stereocenters. The molecule has 0 spiro atoms. The van der Waals surface area contributed by atoms with Gasteiger partial charge in [0.05, 0.1) is 25.3 Å². The van der Waals surface area contributed by atoms with Gasteiger partial charge in [-0.15, -0.1) is 0 Å². The van der Waals surface area contributed by atoms with Crippen molar-refractivity contribution in [3.8, 4) is 11.5 Å². The Morgan fingerprint density at radius 2 is 0.946 bits per heavy atom. The summed E-state index contributed by atoms with van der Waals surface area (Å²) in [7, 11) is 2.37. The van der Waals surface area contributed by atoms with Gasteiger partial charge in [-0.05, 0) is 25.0 Å². The molecule has 0 unspecified atom stereocenters. The van der Waals surface area contributed by atoms with Gasteiger partial charge >= 0.3 is 23.9 Å². The SMILES string of the molecule is COc1ccc(OC)c2c1C(=O)C(N[C@@H](CCC(=O)N[C@@H](CS)C(=O)NCC(=O)O)C(=O)O)=C(N[C@@H](CCC(=O)N[C@@H](CS)C(=O)NCC(=O)O)C(=O)O)C2=O. The summed E-state index contributed by atoms with van der Waals surface area (Å²) in [4.78, 5) is 124. The molecule has 0 fully saturated rings. The standard InChI is InChI=1S/C32H40N6O16S2/c1-53-17-5-6-18(54-2)24-23(17)27(45)25(37-13(31(49)50)3-7-19(39)35-15(11-55)29(47)33-9-21(41)42)26(28(24)46)38-14(32(51)52)4-8-20(40)36-16(12-56)30(48)34-10-22(43)44/h5-6,13-16,37-38,55-56H,3-4,7-12H2,1-2H3,(H,33,47)(H,34,48)(H,35,39)(H,36,40)(H,41,42)(H,43,44)(H,49,50)(H,51,52)/t13-,14-,15-,16-/m0/s1. The number of aliphatic carboxylic acids is 4. The molecule has 4 amide bonds. The number of ketones is 2. The van der Waals surface area contributed by atoms with Gasteiger partial charge in [-0.2, -0.15) is 25.3 Å². The second-order valence-corrected chi connectivity index (χ2v) is 12.3. The van der Waals surface area contributed by atoms with Crippen molar-refractivity contribution in [2.75, 3.05) is 38.8 Å². The van der Waals surface area contributed by atoms with Gasteiger partial charge in [0.25, 0.3) is 0 Å². The van der Waals surface area contributed by atoms with Crippen molar-refractivity contribution < 1.29 is 77.8 Å². The predicted molar refractivity (Wildman–Crippen MR) is 196 cm³/mol. The van der Waals surface area contributed by atoms with Crippen molar-refractivity contribution in [1.82, 2.24) is 31.9 Å². The van der Waals surface area contributed by atoms with Crippen LogP contribution in [0.2, 0.25) is 0 Å². The van der Waals surface area contributed by atoms with Crippen LogP contribution in [0.25, 0.3) is 0 Å². The number of methoxy groups -OCH3 is 2. The summed E-state index contributed by atoms with van der Waals surface area (Å²) < 4.78 is 10.5. The van der Waals surface area contributed by atoms with Crippen LogP contribution in [0.1, 0.15) is 46.4 Å². The Bertz CT molecular complexity index is 1660. The predicted octanol–water partition coefficient (Wildman–Crippen LogP) is -2.83. The van der Waals surface area contributed by atoms with E-state index in [2.05, 4.69) is 57.2 Å². The normalized spacial score (nSPS) is 14.1. The Morgan fingerprint density at radius 3 is 1.21 bits per heavy atom. The first-order chi connectivity index (χ1) is 26.4. The quantitative estimate of drug-likeness (QED) is 0.0467. The number of benzene rings is 1. The monoisotopic (exact) mass is 828 g/mol. The number of fused-ring (bicyclic) bond motifs is 1. The van der Waals surface area contributed by atoms with Crippen molar-refractivity contribution in [3.63, 3.8) is 0 Å². The molecule has 22 nitrogen and oxygen atoms in total. The number of thiol groups is 2. The molecule has 1 aliphatic carbocycles. The average molecular weight is 829 g/mol. The van der Waals surface area contributed by atoms with Crippen LogP contribution in [0, 0.1) is 0 Å². The Morgan fingerprint density at radius 1 is 0.607 bits per heavy atom. The van der Waals surface area contributed by atoms with Gasteiger partial charge in [-0.25, -0.2) is 9.59 Å². The topological polar surface area (TPSA) is 342 Å². The van der Waals surface area contributed by atoms with E-state index in [9.17, 15) is 58.2 Å². The summed E-state index contributed by atoms with van der Waals surface area (Å²) in [5.74, 6) is -12.4. The summed E-state index contributed by atoms with van der Waals surface area (Å²) in [5.41, 5.74) is -2.24. The van der Waals surface area contributed by atoms with Crippen LogP contribution in [0.3, 0.4) is 0 Å². The van der Waals surface area contributed by atoms with E-state index in [1.165, 1.54) is 26.4 Å². The molecule has 10 N–H and O–H groups in total. The zero-order valence-electron chi connectivity index (χ0n) is 29.7. The van der Waals surface area contributed by atoms with E-state index in [1.54, 1.807) is 0 Å². The van der Waals surface area contributed by atoms with Crippen LogP contribution in [0.5, 0.6) is 11.5 Å². The maximum atomic E-state index is 14.1. The van der Waals surface area contributed by atoms with E-state index in [0.29, 0.717) is 0 Å². The molecule has 1 aliphatic rings. The lowest BCUT2D eigenvalue weighted by Gasteiger charge is -2.28. The second-order valence-electron chi connectivity index (χ2n) is 11.6. The highest BCUT2D eigenvalue weighted by atomic mass is 32.1. The molecule has 306 valence electrons. The fraction of sp³-hybridized carbons (Fsp3) is 0.438. The minimum Gasteiger partial charge on any atom is -0.496 e. The highest BCUT2D eigenvalue weighted by Gasteiger charge is 2.40. The summed E-state index contributed by atoms with van der Waals surface area (Å²) in [5, 5.41) is 51.2. The Balaban J connectivity index is 2.46. The number of hydrogen-bond donors (Lipinski definition) is 12. The maximum Gasteiger partial charge on any atom is 0.326 e. The molecule has 0 aromatic heterocycles. The van der Waals surface area contributed by atoms with Gasteiger partial charge in [0, 0.05) is 24.3 Å². The van der Waals surface area contributed by atoms with E-state index < -0.39 is 133 Å². The van der Waals surface area contributed by atoms with Gasteiger partial charge in [-0.1, -0.05) is 0 Å². The molecule has 0 saturated carbocycles. The van der Waals surface area contributed by atoms with E-state index in [1.807, 2.05) is 0 Å². The highest BCUT2D eigenvalue weighted by Crippen LogP contribution is 2.37. The number of nitrogens with one attached hydrogen (secondary N) is 6. The number of carbonyl (C=O) groups is 10. The fourth-order valence-corrected chi connectivity index (χ4v) is 5.53. The molecular weight excluding hydrogens is 789 g/mol. The van der Waals surface area contributed by atoms with Crippen LogP contribution in [-0.2, 0) is 38.4 Å². The van der Waals surface area contributed by atoms with E-state index >= 15 is 0 Å². The summed E-state index contributed by atoms with van der Waals surface area (Å²) >= 11 is 7.92. The van der Waals surface area contributed by atoms with Crippen LogP contribution in [-0.4, -0.2) is 142 Å². The van der Waals surface area contributed by atoms with Crippen LogP contribution >= 0.6 is 25.3 Å². The second kappa shape index (κ2) is 21.7. The molecule has 0 saturated heterocycles. The van der Waals surface area contributed by atoms with Gasteiger partial charge in [0.15, 0.2) is 0 Å². The fourth-order valence-electron chi connectivity index (χ4n) is 5.02. The van der Waals surface area contributed by atoms with Crippen molar-refractivity contribution in [3.05, 3.63) is 34.7 Å². The lowest BCUT2D eigenvalue weighted by molar-refractivity contribution is -0.141. The van der Waals surface area contributed by atoms with Crippen LogP contribution < -0.4 is 41.4 Å². The third-order valence-electron chi connectivity index (χ3n) is 7.78. The maximum absolute atomic E-state index is 14.1. The number of hydrogen-bond acceptors (Lipinski definition) is 16. The molecule has 1 aromatic rings. The largest absolute Gasteiger partial charge is 0.496 e. The summed E-state index contributed by atoms with van der Waals surface area (Å²) in [6.45, 7) is -1.49. The van der Waals surface area contributed by atoms with E-state index in [-0.39, 0.29) is 34.1 Å². The third kappa shape index (κ3) is 12.8. The summed E-state index contributed by atoms with van der Waals surface area (Å²) in [6.07, 6.45) is -2.35. The lowest BCUT2D eigenvalue weighted by Crippen LogP contribution is -2.50. The molecule has 0 radical (unpaired) electrons. The lowest BCUT2D eigenvalue weighted by atomic mass is 9.87. The zero-order chi connectivity index (χ0) is 42.3. The first-order valence-electron chi connectivity index (χ1n) is 16.3. The molecule has 56 heavy (non-hydrogen) atoms. The average Bonchev–Trinajstić information content (AvgIpc) is 3.15. The van der Waals surface area contributed by atoms with Crippen molar-refractivity contribution in [2.24, 2.45) is 0 Å². The molecule has 2 rings (SSSR count). The van der Waals surface area contributed by atoms with Gasteiger partial charge in [-0.3, -0.25) is 38.4 Å². The molecule has 0 heterocycles. The molecule has 0 aliphatic heterocycles. The number of amides is 4. The molecule has 24 heteroatoms. The minimum absolute atomic E-state index is 0.139. The van der Waals surface area contributed by atoms with E-state index in [4.69, 9.17) is 19.7 Å². The van der Waals surface area contributed by atoms with Gasteiger partial charge in [0.2, 0.25) is 35.2 Å². The van der Waals surface area contributed by atoms with Gasteiger partial charge < -0.3 is 61.8 Å². The van der Waals surface area contributed by atoms with Crippen LogP contribution in [0.4, 0.5) is 0 Å². The summed E-state index contributed by atoms with van der Waals surface area (Å²) in [6, 6.07) is -3.63. The van der Waals surface area contributed by atoms with Gasteiger partial charge in [0.1, 0.15) is 60.1 Å². The zero-order valence-corrected chi connectivity index (χ0v) is 31.5. The number of rotatable bonds is 24. The highest BCUT2D eigenvalue weighted by molar-refractivity contribution is 7.80. The minimum atomic E-state index is -1.81. The smallest absolute Gasteiger partial charge is 0.326 e. The Kier molecular flexibility index (Phi) is 17.9. The number of allylic oxidation sites excluding steroid dienone is 2. The number of carboxylic acids is 4. The van der Waals surface area contributed by atoms with Crippen LogP contribution in [0.15, 0.2) is 23.5 Å². The number of carbonyl (C=O) groups excluding carboxylic acids is 6.